The maximum atomic E-state index is 3.80. The molecule has 100 valence electrons. The summed E-state index contributed by atoms with van der Waals surface area (Å²) in [5.41, 5.74) is 5.00. The van der Waals surface area contributed by atoms with Crippen molar-refractivity contribution in [2.24, 2.45) is 0 Å². The van der Waals surface area contributed by atoms with E-state index in [4.69, 9.17) is 0 Å². The first kappa shape index (κ1) is 13.4. The fourth-order valence-corrected chi connectivity index (χ4v) is 4.86. The zero-order chi connectivity index (χ0) is 13.1. The molecular weight excluding hydrogens is 316 g/mol. The molecule has 0 N–H and O–H groups in total. The Bertz CT molecular complexity index is 532. The predicted molar refractivity (Wildman–Crippen MR) is 87.5 cm³/mol. The summed E-state index contributed by atoms with van der Waals surface area (Å²) in [5, 5.41) is 5.56. The van der Waals surface area contributed by atoms with Gasteiger partial charge in [0.15, 0.2) is 0 Å². The van der Waals surface area contributed by atoms with E-state index in [1.54, 1.807) is 22.5 Å². The van der Waals surface area contributed by atoms with Crippen LogP contribution < -0.4 is 0 Å². The molecule has 3 rings (SSSR count). The van der Waals surface area contributed by atoms with Crippen molar-refractivity contribution in [3.8, 4) is 0 Å². The van der Waals surface area contributed by atoms with Gasteiger partial charge in [-0.05, 0) is 65.6 Å². The zero-order valence-corrected chi connectivity index (χ0v) is 13.5. The molecule has 0 amide bonds. The first-order valence-electron chi connectivity index (χ1n) is 6.99. The maximum Gasteiger partial charge on any atom is 0.0129 e. The summed E-state index contributed by atoms with van der Waals surface area (Å²) in [6.45, 7) is 0. The summed E-state index contributed by atoms with van der Waals surface area (Å²) in [6, 6.07) is 11.3. The number of hydrogen-bond donors (Lipinski definition) is 0. The molecule has 19 heavy (non-hydrogen) atoms. The fourth-order valence-electron chi connectivity index (χ4n) is 3.29. The van der Waals surface area contributed by atoms with Gasteiger partial charge in [0.2, 0.25) is 0 Å². The summed E-state index contributed by atoms with van der Waals surface area (Å²) in [4.78, 5) is 0. The molecule has 1 aliphatic carbocycles. The molecule has 0 aliphatic heterocycles. The minimum atomic E-state index is 0.344. The largest absolute Gasteiger partial charge is 0.152 e. The highest BCUT2D eigenvalue weighted by Gasteiger charge is 2.34. The summed E-state index contributed by atoms with van der Waals surface area (Å²) in [5.74, 6) is 0. The number of hydrogen-bond acceptors (Lipinski definition) is 1. The molecule has 1 atom stereocenters. The van der Waals surface area contributed by atoms with Crippen LogP contribution in [0.3, 0.4) is 0 Å². The smallest absolute Gasteiger partial charge is 0.0129 e. The van der Waals surface area contributed by atoms with E-state index in [0.717, 1.165) is 5.33 Å². The lowest BCUT2D eigenvalue weighted by molar-refractivity contribution is 0.376. The van der Waals surface area contributed by atoms with Crippen molar-refractivity contribution >= 4 is 27.3 Å². The average Bonchev–Trinajstić information content (AvgIpc) is 2.98. The van der Waals surface area contributed by atoms with Crippen LogP contribution in [0.2, 0.25) is 0 Å². The van der Waals surface area contributed by atoms with Crippen LogP contribution >= 0.6 is 27.3 Å². The van der Waals surface area contributed by atoms with E-state index in [0.29, 0.717) is 5.41 Å². The van der Waals surface area contributed by atoms with Crippen molar-refractivity contribution in [2.45, 2.75) is 37.5 Å². The van der Waals surface area contributed by atoms with E-state index in [9.17, 15) is 0 Å². The van der Waals surface area contributed by atoms with Crippen molar-refractivity contribution in [1.29, 1.82) is 0 Å². The Morgan fingerprint density at radius 3 is 2.89 bits per heavy atom. The lowest BCUT2D eigenvalue weighted by atomic mass is 9.68. The lowest BCUT2D eigenvalue weighted by Gasteiger charge is -2.38. The van der Waals surface area contributed by atoms with Gasteiger partial charge in [-0.25, -0.2) is 0 Å². The molecular formula is C17H19BrS. The summed E-state index contributed by atoms with van der Waals surface area (Å²) >= 11 is 5.61. The third kappa shape index (κ3) is 2.66. The van der Waals surface area contributed by atoms with Gasteiger partial charge in [-0.2, -0.15) is 11.3 Å². The van der Waals surface area contributed by atoms with E-state index in [1.165, 1.54) is 37.7 Å². The van der Waals surface area contributed by atoms with Crippen LogP contribution in [0, 0.1) is 0 Å². The molecule has 0 spiro atoms. The average molecular weight is 335 g/mol. The first-order chi connectivity index (χ1) is 9.34. The van der Waals surface area contributed by atoms with Crippen molar-refractivity contribution in [1.82, 2.24) is 0 Å². The quantitative estimate of drug-likeness (QED) is 0.661. The second-order valence-electron chi connectivity index (χ2n) is 5.56. The Balaban J connectivity index is 1.87. The molecule has 0 saturated carbocycles. The number of fused-ring (bicyclic) bond motifs is 1. The van der Waals surface area contributed by atoms with Crippen LogP contribution in [0.4, 0.5) is 0 Å². The van der Waals surface area contributed by atoms with Crippen molar-refractivity contribution < 1.29 is 0 Å². The first-order valence-corrected chi connectivity index (χ1v) is 9.06. The van der Waals surface area contributed by atoms with Crippen molar-refractivity contribution in [2.75, 3.05) is 5.33 Å². The van der Waals surface area contributed by atoms with Crippen molar-refractivity contribution in [3.63, 3.8) is 0 Å². The Kier molecular flexibility index (Phi) is 4.09. The molecule has 2 aromatic rings. The van der Waals surface area contributed by atoms with Crippen LogP contribution in [-0.2, 0) is 18.3 Å². The van der Waals surface area contributed by atoms with E-state index < -0.39 is 0 Å². The van der Waals surface area contributed by atoms with Crippen LogP contribution in [-0.4, -0.2) is 5.33 Å². The summed E-state index contributed by atoms with van der Waals surface area (Å²) < 4.78 is 0. The topological polar surface area (TPSA) is 0 Å². The number of benzene rings is 1. The normalized spacial score (nSPS) is 22.2. The maximum absolute atomic E-state index is 3.80. The molecule has 1 heterocycles. The van der Waals surface area contributed by atoms with Crippen molar-refractivity contribution in [3.05, 3.63) is 57.8 Å². The molecule has 2 heteroatoms. The monoisotopic (exact) mass is 334 g/mol. The summed E-state index contributed by atoms with van der Waals surface area (Å²) in [6.07, 6.45) is 6.35. The van der Waals surface area contributed by atoms with Gasteiger partial charge >= 0.3 is 0 Å². The third-order valence-corrected chi connectivity index (χ3v) is 6.22. The zero-order valence-electron chi connectivity index (χ0n) is 11.1. The highest BCUT2D eigenvalue weighted by molar-refractivity contribution is 9.09. The Hall–Kier alpha value is -0.600. The predicted octanol–water partition coefficient (Wildman–Crippen LogP) is 5.35. The van der Waals surface area contributed by atoms with Crippen LogP contribution in [0.1, 0.15) is 36.0 Å². The van der Waals surface area contributed by atoms with Gasteiger partial charge in [-0.1, -0.05) is 40.2 Å². The fraction of sp³-hybridized carbons (Fsp3) is 0.412. The molecule has 1 aromatic carbocycles. The second-order valence-corrected chi connectivity index (χ2v) is 6.90. The van der Waals surface area contributed by atoms with Gasteiger partial charge < -0.3 is 0 Å². The van der Waals surface area contributed by atoms with Crippen LogP contribution in [0.5, 0.6) is 0 Å². The van der Waals surface area contributed by atoms with E-state index in [-0.39, 0.29) is 0 Å². The Morgan fingerprint density at radius 2 is 2.11 bits per heavy atom. The molecule has 0 radical (unpaired) electrons. The molecule has 1 aromatic heterocycles. The van der Waals surface area contributed by atoms with Gasteiger partial charge in [-0.15, -0.1) is 0 Å². The molecule has 1 unspecified atom stereocenters. The minimum Gasteiger partial charge on any atom is -0.152 e. The molecule has 0 nitrogen and oxygen atoms in total. The van der Waals surface area contributed by atoms with Gasteiger partial charge in [-0.3, -0.25) is 0 Å². The lowest BCUT2D eigenvalue weighted by Crippen LogP contribution is -2.33. The number of halogens is 1. The summed E-state index contributed by atoms with van der Waals surface area (Å²) in [7, 11) is 0. The number of alkyl halides is 1. The van der Waals surface area contributed by atoms with Gasteiger partial charge in [0.25, 0.3) is 0 Å². The highest BCUT2D eigenvalue weighted by atomic mass is 79.9. The standard InChI is InChI=1S/C17H19BrS/c18-13-17(10-7-14-8-11-19-12-14)9-3-5-15-4-1-2-6-16(15)17/h1-2,4,6,8,11-12H,3,5,7,9-10,13H2. The SMILES string of the molecule is BrCC1(CCc2ccsc2)CCCc2ccccc21. The molecule has 1 aliphatic rings. The number of rotatable bonds is 4. The van der Waals surface area contributed by atoms with Crippen LogP contribution in [0.15, 0.2) is 41.1 Å². The molecule has 0 saturated heterocycles. The van der Waals surface area contributed by atoms with E-state index in [1.807, 2.05) is 0 Å². The van der Waals surface area contributed by atoms with E-state index in [2.05, 4.69) is 57.0 Å². The number of aryl methyl sites for hydroxylation is 2. The van der Waals surface area contributed by atoms with Crippen LogP contribution in [0.25, 0.3) is 0 Å². The number of thiophene rings is 1. The van der Waals surface area contributed by atoms with Gasteiger partial charge in [0.1, 0.15) is 0 Å². The Morgan fingerprint density at radius 1 is 1.21 bits per heavy atom. The molecule has 0 fully saturated rings. The van der Waals surface area contributed by atoms with Gasteiger partial charge in [0, 0.05) is 10.7 Å². The highest BCUT2D eigenvalue weighted by Crippen LogP contribution is 2.42. The van der Waals surface area contributed by atoms with E-state index >= 15 is 0 Å². The minimum absolute atomic E-state index is 0.344. The molecule has 0 bridgehead atoms. The Labute approximate surface area is 128 Å². The second kappa shape index (κ2) is 5.80. The van der Waals surface area contributed by atoms with Gasteiger partial charge in [0.05, 0.1) is 0 Å². The third-order valence-electron chi connectivity index (χ3n) is 4.42.